The van der Waals surface area contributed by atoms with E-state index in [2.05, 4.69) is 9.88 Å². The molecule has 2 fully saturated rings. The number of aromatic nitrogens is 1. The van der Waals surface area contributed by atoms with Crippen LogP contribution < -0.4 is 9.64 Å². The van der Waals surface area contributed by atoms with Crippen molar-refractivity contribution in [3.05, 3.63) is 53.2 Å². The molecule has 0 radical (unpaired) electrons. The first-order valence-corrected chi connectivity index (χ1v) is 13.0. The van der Waals surface area contributed by atoms with E-state index >= 15 is 0 Å². The average Bonchev–Trinajstić information content (AvgIpc) is 2.87. The van der Waals surface area contributed by atoms with Crippen LogP contribution in [-0.4, -0.2) is 42.2 Å². The highest BCUT2D eigenvalue weighted by molar-refractivity contribution is 5.75. The van der Waals surface area contributed by atoms with Crippen LogP contribution in [-0.2, 0) is 22.4 Å². The fourth-order valence-corrected chi connectivity index (χ4v) is 4.80. The number of ether oxygens (including phenoxy) is 1. The molecule has 37 heavy (non-hydrogen) atoms. The van der Waals surface area contributed by atoms with Gasteiger partial charge < -0.3 is 14.5 Å². The first-order chi connectivity index (χ1) is 17.5. The number of hydrogen-bond donors (Lipinski definition) is 0. The van der Waals surface area contributed by atoms with E-state index in [9.17, 15) is 18.0 Å². The molecule has 1 aliphatic carbocycles. The highest BCUT2D eigenvalue weighted by atomic mass is 19.4. The second-order valence-electron chi connectivity index (χ2n) is 10.9. The molecule has 2 aliphatic rings. The van der Waals surface area contributed by atoms with Crippen molar-refractivity contribution in [2.24, 2.45) is 5.41 Å². The van der Waals surface area contributed by atoms with Gasteiger partial charge in [-0.05, 0) is 62.8 Å². The molecule has 0 spiro atoms. The molecule has 9 heteroatoms. The van der Waals surface area contributed by atoms with Gasteiger partial charge in [-0.25, -0.2) is 9.78 Å². The standard InChI is InChI=1S/C28H36F3N3O3/c1-27(2,3)26(35)37-34-15-13-33(14-16-34)22-10-12-25(32-18-22)36-19-20-9-11-23(21-7-5-4-6-8-21)24(17-20)28(29,30)31/h9-12,17-18,21H,4-8,13-16,19H2,1-3H3. The van der Waals surface area contributed by atoms with Crippen LogP contribution in [0.25, 0.3) is 0 Å². The zero-order chi connectivity index (χ0) is 26.6. The maximum absolute atomic E-state index is 13.8. The second kappa shape index (κ2) is 11.3. The Labute approximate surface area is 216 Å². The minimum Gasteiger partial charge on any atom is -0.473 e. The number of hydrogen-bond acceptors (Lipinski definition) is 6. The Bertz CT molecular complexity index is 1050. The van der Waals surface area contributed by atoms with Gasteiger partial charge in [-0.2, -0.15) is 13.2 Å². The van der Waals surface area contributed by atoms with Crippen LogP contribution in [0.5, 0.6) is 5.88 Å². The molecule has 0 N–H and O–H groups in total. The smallest absolute Gasteiger partial charge is 0.416 e. The molecule has 2 heterocycles. The number of halogens is 3. The fraction of sp³-hybridized carbons (Fsp3) is 0.571. The first-order valence-electron chi connectivity index (χ1n) is 13.0. The quantitative estimate of drug-likeness (QED) is 0.443. The van der Waals surface area contributed by atoms with Crippen molar-refractivity contribution in [3.8, 4) is 5.88 Å². The zero-order valence-corrected chi connectivity index (χ0v) is 21.8. The van der Waals surface area contributed by atoms with Gasteiger partial charge in [0.2, 0.25) is 5.88 Å². The number of piperazine rings is 1. The second-order valence-corrected chi connectivity index (χ2v) is 10.9. The lowest BCUT2D eigenvalue weighted by molar-refractivity contribution is -0.201. The van der Waals surface area contributed by atoms with Crippen LogP contribution in [0.2, 0.25) is 0 Å². The number of anilines is 1. The molecular formula is C28H36F3N3O3. The molecule has 202 valence electrons. The largest absolute Gasteiger partial charge is 0.473 e. The molecule has 1 saturated carbocycles. The van der Waals surface area contributed by atoms with E-state index in [-0.39, 0.29) is 18.5 Å². The highest BCUT2D eigenvalue weighted by Crippen LogP contribution is 2.41. The third-order valence-corrected chi connectivity index (χ3v) is 7.00. The topological polar surface area (TPSA) is 54.9 Å². The number of pyridine rings is 1. The van der Waals surface area contributed by atoms with Gasteiger partial charge in [-0.1, -0.05) is 31.4 Å². The van der Waals surface area contributed by atoms with Crippen LogP contribution in [0.3, 0.4) is 0 Å². The maximum atomic E-state index is 13.8. The molecule has 1 aromatic heterocycles. The maximum Gasteiger partial charge on any atom is 0.416 e. The van der Waals surface area contributed by atoms with Crippen molar-refractivity contribution in [1.29, 1.82) is 0 Å². The minimum absolute atomic E-state index is 0.0121. The van der Waals surface area contributed by atoms with E-state index < -0.39 is 17.2 Å². The lowest BCUT2D eigenvalue weighted by Crippen LogP contribution is -2.48. The summed E-state index contributed by atoms with van der Waals surface area (Å²) in [5.41, 5.74) is 0.690. The molecule has 0 atom stereocenters. The van der Waals surface area contributed by atoms with Gasteiger partial charge in [0.05, 0.1) is 36.0 Å². The van der Waals surface area contributed by atoms with Crippen LogP contribution in [0, 0.1) is 5.41 Å². The van der Waals surface area contributed by atoms with Crippen molar-refractivity contribution >= 4 is 11.7 Å². The van der Waals surface area contributed by atoms with Gasteiger partial charge >= 0.3 is 12.1 Å². The number of benzene rings is 1. The molecule has 0 bridgehead atoms. The summed E-state index contributed by atoms with van der Waals surface area (Å²) in [6.07, 6.45) is 1.98. The zero-order valence-electron chi connectivity index (χ0n) is 21.8. The van der Waals surface area contributed by atoms with E-state index in [4.69, 9.17) is 9.57 Å². The Kier molecular flexibility index (Phi) is 8.31. The Hall–Kier alpha value is -2.81. The Morgan fingerprint density at radius 1 is 1.00 bits per heavy atom. The van der Waals surface area contributed by atoms with E-state index in [0.717, 1.165) is 37.8 Å². The third-order valence-electron chi connectivity index (χ3n) is 7.00. The minimum atomic E-state index is -4.39. The van der Waals surface area contributed by atoms with Gasteiger partial charge in [0.25, 0.3) is 0 Å². The van der Waals surface area contributed by atoms with Gasteiger partial charge in [0, 0.05) is 19.2 Å². The number of nitrogens with zero attached hydrogens (tertiary/aromatic N) is 3. The molecule has 2 aromatic rings. The molecule has 0 unspecified atom stereocenters. The van der Waals surface area contributed by atoms with Gasteiger partial charge in [0.1, 0.15) is 6.61 Å². The van der Waals surface area contributed by atoms with Crippen molar-refractivity contribution in [2.45, 2.75) is 71.6 Å². The summed E-state index contributed by atoms with van der Waals surface area (Å²) in [7, 11) is 0. The summed E-state index contributed by atoms with van der Waals surface area (Å²) in [4.78, 5) is 24.0. The number of alkyl halides is 3. The van der Waals surface area contributed by atoms with Gasteiger partial charge in [-0.3, -0.25) is 0 Å². The molecule has 1 saturated heterocycles. The average molecular weight is 520 g/mol. The third kappa shape index (κ3) is 7.15. The summed E-state index contributed by atoms with van der Waals surface area (Å²) >= 11 is 0. The van der Waals surface area contributed by atoms with Crippen LogP contribution >= 0.6 is 0 Å². The Morgan fingerprint density at radius 2 is 1.70 bits per heavy atom. The fourth-order valence-electron chi connectivity index (χ4n) is 4.80. The predicted octanol–water partition coefficient (Wildman–Crippen LogP) is 6.35. The Morgan fingerprint density at radius 3 is 2.30 bits per heavy atom. The molecule has 1 aliphatic heterocycles. The SMILES string of the molecule is CC(C)(C)C(=O)ON1CCN(c2ccc(OCc3ccc(C4CCCCC4)c(C(F)(F)F)c3)nc2)CC1. The lowest BCUT2D eigenvalue weighted by Gasteiger charge is -2.35. The molecule has 4 rings (SSSR count). The van der Waals surface area contributed by atoms with Crippen LogP contribution in [0.4, 0.5) is 18.9 Å². The molecule has 6 nitrogen and oxygen atoms in total. The number of carbonyl (C=O) groups excluding carboxylic acids is 1. The van der Waals surface area contributed by atoms with Crippen molar-refractivity contribution in [2.75, 3.05) is 31.1 Å². The number of carbonyl (C=O) groups is 1. The van der Waals surface area contributed by atoms with E-state index in [1.807, 2.05) is 26.8 Å². The number of rotatable bonds is 6. The number of hydroxylamine groups is 2. The predicted molar refractivity (Wildman–Crippen MR) is 135 cm³/mol. The normalized spacial score (nSPS) is 18.1. The van der Waals surface area contributed by atoms with Crippen molar-refractivity contribution in [1.82, 2.24) is 10.0 Å². The van der Waals surface area contributed by atoms with Crippen molar-refractivity contribution in [3.63, 3.8) is 0 Å². The molecule has 1 aromatic carbocycles. The summed E-state index contributed by atoms with van der Waals surface area (Å²) in [5, 5.41) is 1.68. The summed E-state index contributed by atoms with van der Waals surface area (Å²) < 4.78 is 47.2. The molecule has 0 amide bonds. The lowest BCUT2D eigenvalue weighted by atomic mass is 9.81. The van der Waals surface area contributed by atoms with Gasteiger partial charge in [-0.15, -0.1) is 5.06 Å². The van der Waals surface area contributed by atoms with E-state index in [1.54, 1.807) is 29.5 Å². The van der Waals surface area contributed by atoms with Crippen molar-refractivity contribution < 1.29 is 27.5 Å². The Balaban J connectivity index is 1.33. The summed E-state index contributed by atoms with van der Waals surface area (Å²) in [5.74, 6) is 0.0727. The van der Waals surface area contributed by atoms with Crippen LogP contribution in [0.15, 0.2) is 36.5 Å². The van der Waals surface area contributed by atoms with E-state index in [0.29, 0.717) is 43.2 Å². The molecular weight excluding hydrogens is 483 g/mol. The summed E-state index contributed by atoms with van der Waals surface area (Å²) in [6.45, 7) is 7.99. The van der Waals surface area contributed by atoms with E-state index in [1.165, 1.54) is 6.07 Å². The van der Waals surface area contributed by atoms with Gasteiger partial charge in [0.15, 0.2) is 0 Å². The monoisotopic (exact) mass is 519 g/mol. The highest BCUT2D eigenvalue weighted by Gasteiger charge is 2.36. The summed E-state index contributed by atoms with van der Waals surface area (Å²) in [6, 6.07) is 8.20. The first kappa shape index (κ1) is 27.2. The van der Waals surface area contributed by atoms with Crippen LogP contribution in [0.1, 0.15) is 75.5 Å².